The zero-order chi connectivity index (χ0) is 18.1. The van der Waals surface area contributed by atoms with Gasteiger partial charge in [-0.05, 0) is 41.6 Å². The second kappa shape index (κ2) is 6.68. The van der Waals surface area contributed by atoms with Gasteiger partial charge in [0.15, 0.2) is 5.82 Å². The van der Waals surface area contributed by atoms with Crippen molar-refractivity contribution in [1.82, 2.24) is 15.0 Å². The van der Waals surface area contributed by atoms with Crippen molar-refractivity contribution in [3.8, 4) is 27.6 Å². The Balaban J connectivity index is 2.22. The molecule has 1 aromatic carbocycles. The standard InChI is InChI=1S/C18H21N5OS/c1-11-9-12(14-7-6-8-25-14)10-13(15(11)24)16-19-17(22(2)3)21-18(20-16)23(4)5/h6-10,24H,1-5H3. The maximum atomic E-state index is 10.6. The van der Waals surface area contributed by atoms with E-state index in [0.717, 1.165) is 16.0 Å². The van der Waals surface area contributed by atoms with Gasteiger partial charge in [-0.1, -0.05) is 6.07 Å². The van der Waals surface area contributed by atoms with Crippen LogP contribution >= 0.6 is 11.3 Å². The van der Waals surface area contributed by atoms with E-state index >= 15 is 0 Å². The molecule has 0 saturated carbocycles. The quantitative estimate of drug-likeness (QED) is 0.774. The van der Waals surface area contributed by atoms with Gasteiger partial charge in [0.05, 0.1) is 5.56 Å². The highest BCUT2D eigenvalue weighted by Crippen LogP contribution is 2.37. The Bertz CT molecular complexity index is 864. The van der Waals surface area contributed by atoms with Crippen molar-refractivity contribution >= 4 is 23.2 Å². The third kappa shape index (κ3) is 3.41. The Labute approximate surface area is 151 Å². The maximum absolute atomic E-state index is 10.6. The van der Waals surface area contributed by atoms with Gasteiger partial charge in [-0.3, -0.25) is 0 Å². The molecule has 7 heteroatoms. The molecule has 0 atom stereocenters. The molecule has 0 aliphatic heterocycles. The van der Waals surface area contributed by atoms with Crippen LogP contribution in [-0.2, 0) is 0 Å². The van der Waals surface area contributed by atoms with Crippen LogP contribution in [0.25, 0.3) is 21.8 Å². The summed E-state index contributed by atoms with van der Waals surface area (Å²) in [6.07, 6.45) is 0. The zero-order valence-corrected chi connectivity index (χ0v) is 15.8. The average molecular weight is 355 g/mol. The molecule has 0 saturated heterocycles. The summed E-state index contributed by atoms with van der Waals surface area (Å²) >= 11 is 1.66. The molecule has 0 spiro atoms. The molecule has 0 radical (unpaired) electrons. The number of aromatic hydroxyl groups is 1. The summed E-state index contributed by atoms with van der Waals surface area (Å²) in [5, 5.41) is 12.6. The Hall–Kier alpha value is -2.67. The van der Waals surface area contributed by atoms with Crippen molar-refractivity contribution in [2.24, 2.45) is 0 Å². The average Bonchev–Trinajstić information content (AvgIpc) is 3.11. The van der Waals surface area contributed by atoms with Crippen LogP contribution in [0.3, 0.4) is 0 Å². The van der Waals surface area contributed by atoms with Crippen molar-refractivity contribution in [3.05, 3.63) is 35.2 Å². The predicted molar refractivity (Wildman–Crippen MR) is 104 cm³/mol. The Morgan fingerprint density at radius 2 is 1.60 bits per heavy atom. The van der Waals surface area contributed by atoms with Gasteiger partial charge in [0.1, 0.15) is 5.75 Å². The third-order valence-corrected chi connectivity index (χ3v) is 4.68. The molecule has 2 aromatic heterocycles. The van der Waals surface area contributed by atoms with Gasteiger partial charge in [0.25, 0.3) is 0 Å². The first kappa shape index (κ1) is 17.2. The molecule has 3 rings (SSSR count). The number of aryl methyl sites for hydroxylation is 1. The van der Waals surface area contributed by atoms with Crippen molar-refractivity contribution in [2.45, 2.75) is 6.92 Å². The molecule has 2 heterocycles. The fourth-order valence-corrected chi connectivity index (χ4v) is 3.12. The third-order valence-electron chi connectivity index (χ3n) is 3.76. The lowest BCUT2D eigenvalue weighted by Crippen LogP contribution is -2.19. The highest BCUT2D eigenvalue weighted by Gasteiger charge is 2.17. The molecule has 3 aromatic rings. The summed E-state index contributed by atoms with van der Waals surface area (Å²) < 4.78 is 0. The zero-order valence-electron chi connectivity index (χ0n) is 15.0. The van der Waals surface area contributed by atoms with Crippen LogP contribution in [0.1, 0.15) is 5.56 Å². The van der Waals surface area contributed by atoms with E-state index in [1.807, 2.05) is 68.5 Å². The van der Waals surface area contributed by atoms with Crippen LogP contribution in [0.2, 0.25) is 0 Å². The van der Waals surface area contributed by atoms with Crippen LogP contribution in [-0.4, -0.2) is 48.2 Å². The molecule has 0 bridgehead atoms. The number of benzene rings is 1. The predicted octanol–water partition coefficient (Wildman–Crippen LogP) is 3.41. The molecular weight excluding hydrogens is 334 g/mol. The highest BCUT2D eigenvalue weighted by atomic mass is 32.1. The van der Waals surface area contributed by atoms with Gasteiger partial charge in [-0.2, -0.15) is 15.0 Å². The number of nitrogens with zero attached hydrogens (tertiary/aromatic N) is 5. The SMILES string of the molecule is Cc1cc(-c2cccs2)cc(-c2nc(N(C)C)nc(N(C)C)n2)c1O. The van der Waals surface area contributed by atoms with Crippen LogP contribution < -0.4 is 9.80 Å². The number of hydrogen-bond donors (Lipinski definition) is 1. The lowest BCUT2D eigenvalue weighted by molar-refractivity contribution is 0.473. The Morgan fingerprint density at radius 1 is 0.960 bits per heavy atom. The normalized spacial score (nSPS) is 10.8. The molecule has 0 amide bonds. The Kier molecular flexibility index (Phi) is 4.59. The summed E-state index contributed by atoms with van der Waals surface area (Å²) in [5.41, 5.74) is 2.44. The lowest BCUT2D eigenvalue weighted by Gasteiger charge is -2.17. The summed E-state index contributed by atoms with van der Waals surface area (Å²) in [7, 11) is 7.52. The fraction of sp³-hybridized carbons (Fsp3) is 0.278. The molecular formula is C18H21N5OS. The molecule has 1 N–H and O–H groups in total. The van der Waals surface area contributed by atoms with E-state index in [1.54, 1.807) is 11.3 Å². The number of aromatic nitrogens is 3. The highest BCUT2D eigenvalue weighted by molar-refractivity contribution is 7.13. The van der Waals surface area contributed by atoms with Crippen molar-refractivity contribution in [2.75, 3.05) is 38.0 Å². The topological polar surface area (TPSA) is 65.4 Å². The number of phenols is 1. The van der Waals surface area contributed by atoms with Crippen LogP contribution in [0.5, 0.6) is 5.75 Å². The van der Waals surface area contributed by atoms with Gasteiger partial charge >= 0.3 is 0 Å². The van der Waals surface area contributed by atoms with E-state index in [0.29, 0.717) is 23.3 Å². The van der Waals surface area contributed by atoms with Crippen molar-refractivity contribution in [3.63, 3.8) is 0 Å². The summed E-state index contributed by atoms with van der Waals surface area (Å²) in [6.45, 7) is 1.89. The van der Waals surface area contributed by atoms with Crippen molar-refractivity contribution in [1.29, 1.82) is 0 Å². The first-order valence-corrected chi connectivity index (χ1v) is 8.73. The molecule has 0 fully saturated rings. The molecule has 130 valence electrons. The fourth-order valence-electron chi connectivity index (χ4n) is 2.41. The van der Waals surface area contributed by atoms with E-state index in [2.05, 4.69) is 21.0 Å². The number of hydrogen-bond acceptors (Lipinski definition) is 7. The van der Waals surface area contributed by atoms with Crippen molar-refractivity contribution < 1.29 is 5.11 Å². The number of anilines is 2. The molecule has 6 nitrogen and oxygen atoms in total. The number of rotatable bonds is 4. The summed E-state index contributed by atoms with van der Waals surface area (Å²) in [6, 6.07) is 7.98. The molecule has 0 aliphatic carbocycles. The largest absolute Gasteiger partial charge is 0.507 e. The number of thiophene rings is 1. The first-order chi connectivity index (χ1) is 11.9. The van der Waals surface area contributed by atoms with Crippen LogP contribution in [0.4, 0.5) is 11.9 Å². The number of phenolic OH excluding ortho intramolecular Hbond substituents is 1. The van der Waals surface area contributed by atoms with Gasteiger partial charge < -0.3 is 14.9 Å². The van der Waals surface area contributed by atoms with E-state index < -0.39 is 0 Å². The minimum atomic E-state index is 0.195. The lowest BCUT2D eigenvalue weighted by atomic mass is 10.0. The monoisotopic (exact) mass is 355 g/mol. The van der Waals surface area contributed by atoms with Crippen LogP contribution in [0, 0.1) is 6.92 Å². The summed E-state index contributed by atoms with van der Waals surface area (Å²) in [5.74, 6) is 1.75. The van der Waals surface area contributed by atoms with Gasteiger partial charge in [0.2, 0.25) is 11.9 Å². The van der Waals surface area contributed by atoms with Gasteiger partial charge in [-0.25, -0.2) is 0 Å². The van der Waals surface area contributed by atoms with Crippen LogP contribution in [0.15, 0.2) is 29.6 Å². The molecule has 0 aliphatic rings. The van der Waals surface area contributed by atoms with E-state index in [4.69, 9.17) is 0 Å². The first-order valence-electron chi connectivity index (χ1n) is 7.85. The smallest absolute Gasteiger partial charge is 0.230 e. The van der Waals surface area contributed by atoms with Gasteiger partial charge in [0, 0.05) is 33.1 Å². The van der Waals surface area contributed by atoms with E-state index in [1.165, 1.54) is 0 Å². The molecule has 0 unspecified atom stereocenters. The summed E-state index contributed by atoms with van der Waals surface area (Å²) in [4.78, 5) is 18.3. The molecule has 25 heavy (non-hydrogen) atoms. The minimum Gasteiger partial charge on any atom is -0.507 e. The van der Waals surface area contributed by atoms with Gasteiger partial charge in [-0.15, -0.1) is 11.3 Å². The minimum absolute atomic E-state index is 0.195. The maximum Gasteiger partial charge on any atom is 0.230 e. The van der Waals surface area contributed by atoms with E-state index in [-0.39, 0.29) is 5.75 Å². The Morgan fingerprint density at radius 3 is 2.12 bits per heavy atom. The second-order valence-corrected chi connectivity index (χ2v) is 7.16. The van der Waals surface area contributed by atoms with E-state index in [9.17, 15) is 5.11 Å². The second-order valence-electron chi connectivity index (χ2n) is 6.21.